The smallest absolute Gasteiger partial charge is 0.222 e. The van der Waals surface area contributed by atoms with Crippen molar-refractivity contribution in [3.63, 3.8) is 0 Å². The standard InChI is InChI=1S/C20H21BrN4O3/c1-26-17-8-7-14(18(27-2)19(17)28-3)16-10-15(12-5-4-6-13(21)9-12)24-20-22-11-23-25(16)20/h4-9,11,15-16H,10H2,1-3H3,(H,22,23,24). The number of fused-ring (bicyclic) bond motifs is 1. The van der Waals surface area contributed by atoms with Crippen molar-refractivity contribution in [3.8, 4) is 17.2 Å². The molecule has 4 rings (SSSR count). The molecule has 2 aromatic carbocycles. The predicted molar refractivity (Wildman–Crippen MR) is 109 cm³/mol. The van der Waals surface area contributed by atoms with E-state index in [0.29, 0.717) is 17.2 Å². The molecular formula is C20H21BrN4O3. The Hall–Kier alpha value is -2.74. The molecule has 3 aromatic rings. The van der Waals surface area contributed by atoms with Gasteiger partial charge >= 0.3 is 0 Å². The third-order valence-corrected chi connectivity index (χ3v) is 5.47. The Morgan fingerprint density at radius 3 is 2.61 bits per heavy atom. The number of nitrogens with zero attached hydrogens (tertiary/aromatic N) is 3. The van der Waals surface area contributed by atoms with E-state index >= 15 is 0 Å². The number of nitrogens with one attached hydrogen (secondary N) is 1. The highest BCUT2D eigenvalue weighted by atomic mass is 79.9. The fourth-order valence-corrected chi connectivity index (χ4v) is 4.12. The first-order valence-corrected chi connectivity index (χ1v) is 9.66. The summed E-state index contributed by atoms with van der Waals surface area (Å²) >= 11 is 3.56. The molecule has 8 heteroatoms. The zero-order valence-electron chi connectivity index (χ0n) is 15.8. The predicted octanol–water partition coefficient (Wildman–Crippen LogP) is 4.21. The van der Waals surface area contributed by atoms with Crippen molar-refractivity contribution in [2.75, 3.05) is 26.6 Å². The molecule has 1 aromatic heterocycles. The Kier molecular flexibility index (Phi) is 5.13. The summed E-state index contributed by atoms with van der Waals surface area (Å²) in [4.78, 5) is 4.39. The van der Waals surface area contributed by atoms with Crippen LogP contribution >= 0.6 is 15.9 Å². The molecular weight excluding hydrogens is 424 g/mol. The number of anilines is 1. The molecule has 28 heavy (non-hydrogen) atoms. The summed E-state index contributed by atoms with van der Waals surface area (Å²) in [5.41, 5.74) is 2.14. The highest BCUT2D eigenvalue weighted by Crippen LogP contribution is 2.46. The van der Waals surface area contributed by atoms with Gasteiger partial charge in [-0.2, -0.15) is 10.1 Å². The lowest BCUT2D eigenvalue weighted by atomic mass is 9.92. The van der Waals surface area contributed by atoms with Crippen LogP contribution in [0.4, 0.5) is 5.95 Å². The second-order valence-corrected chi connectivity index (χ2v) is 7.37. The van der Waals surface area contributed by atoms with Crippen LogP contribution in [-0.4, -0.2) is 36.1 Å². The van der Waals surface area contributed by atoms with Crippen molar-refractivity contribution in [1.82, 2.24) is 14.8 Å². The van der Waals surface area contributed by atoms with Crippen molar-refractivity contribution in [2.24, 2.45) is 0 Å². The lowest BCUT2D eigenvalue weighted by Crippen LogP contribution is -2.28. The molecule has 0 bridgehead atoms. The Balaban J connectivity index is 1.81. The maximum atomic E-state index is 5.72. The molecule has 2 heterocycles. The van der Waals surface area contributed by atoms with Gasteiger partial charge in [0.15, 0.2) is 11.5 Å². The van der Waals surface area contributed by atoms with E-state index in [9.17, 15) is 0 Å². The summed E-state index contributed by atoms with van der Waals surface area (Å²) in [6, 6.07) is 12.2. The molecule has 1 N–H and O–H groups in total. The highest BCUT2D eigenvalue weighted by Gasteiger charge is 2.33. The number of hydrogen-bond acceptors (Lipinski definition) is 6. The number of benzene rings is 2. The number of hydrogen-bond donors (Lipinski definition) is 1. The van der Waals surface area contributed by atoms with Crippen molar-refractivity contribution >= 4 is 21.9 Å². The van der Waals surface area contributed by atoms with E-state index in [1.807, 2.05) is 28.9 Å². The van der Waals surface area contributed by atoms with Crippen LogP contribution in [0.1, 0.15) is 29.6 Å². The number of aromatic nitrogens is 3. The molecule has 0 spiro atoms. The van der Waals surface area contributed by atoms with E-state index in [0.717, 1.165) is 22.4 Å². The quantitative estimate of drug-likeness (QED) is 0.635. The molecule has 0 fully saturated rings. The van der Waals surface area contributed by atoms with Crippen LogP contribution in [0.15, 0.2) is 47.2 Å². The van der Waals surface area contributed by atoms with Crippen molar-refractivity contribution in [2.45, 2.75) is 18.5 Å². The van der Waals surface area contributed by atoms with E-state index in [2.05, 4.69) is 43.5 Å². The lowest BCUT2D eigenvalue weighted by molar-refractivity contribution is 0.315. The van der Waals surface area contributed by atoms with Crippen LogP contribution in [0.3, 0.4) is 0 Å². The van der Waals surface area contributed by atoms with Crippen molar-refractivity contribution < 1.29 is 14.2 Å². The van der Waals surface area contributed by atoms with E-state index in [-0.39, 0.29) is 12.1 Å². The lowest BCUT2D eigenvalue weighted by Gasteiger charge is -2.32. The first kappa shape index (κ1) is 18.6. The minimum absolute atomic E-state index is 0.0718. The van der Waals surface area contributed by atoms with E-state index in [4.69, 9.17) is 14.2 Å². The summed E-state index contributed by atoms with van der Waals surface area (Å²) in [6.07, 6.45) is 2.34. The number of methoxy groups -OCH3 is 3. The van der Waals surface area contributed by atoms with E-state index < -0.39 is 0 Å². The summed E-state index contributed by atoms with van der Waals surface area (Å²) in [5, 5.41) is 7.92. The molecule has 0 aliphatic carbocycles. The van der Waals surface area contributed by atoms with Gasteiger partial charge in [-0.3, -0.25) is 0 Å². The molecule has 1 aliphatic heterocycles. The van der Waals surface area contributed by atoms with Crippen LogP contribution in [0.25, 0.3) is 0 Å². The second kappa shape index (κ2) is 7.71. The molecule has 7 nitrogen and oxygen atoms in total. The molecule has 0 amide bonds. The minimum atomic E-state index is -0.0718. The summed E-state index contributed by atoms with van der Waals surface area (Å²) in [7, 11) is 4.86. The van der Waals surface area contributed by atoms with Crippen LogP contribution in [0, 0.1) is 0 Å². The zero-order valence-corrected chi connectivity index (χ0v) is 17.4. The largest absolute Gasteiger partial charge is 0.493 e. The van der Waals surface area contributed by atoms with E-state index in [1.165, 1.54) is 5.56 Å². The van der Waals surface area contributed by atoms with Crippen molar-refractivity contribution in [1.29, 1.82) is 0 Å². The van der Waals surface area contributed by atoms with Gasteiger partial charge in [0.25, 0.3) is 0 Å². The minimum Gasteiger partial charge on any atom is -0.493 e. The Labute approximate surface area is 171 Å². The monoisotopic (exact) mass is 444 g/mol. The molecule has 0 saturated heterocycles. The highest BCUT2D eigenvalue weighted by molar-refractivity contribution is 9.10. The van der Waals surface area contributed by atoms with Gasteiger partial charge in [0.05, 0.1) is 33.4 Å². The normalized spacial score (nSPS) is 18.1. The van der Waals surface area contributed by atoms with Crippen LogP contribution in [0.5, 0.6) is 17.2 Å². The Morgan fingerprint density at radius 1 is 1.07 bits per heavy atom. The Morgan fingerprint density at radius 2 is 1.89 bits per heavy atom. The molecule has 1 aliphatic rings. The maximum Gasteiger partial charge on any atom is 0.222 e. The SMILES string of the molecule is COc1ccc(C2CC(c3cccc(Br)c3)Nc3ncnn32)c(OC)c1OC. The topological polar surface area (TPSA) is 70.4 Å². The molecule has 0 radical (unpaired) electrons. The Bertz CT molecular complexity index is 991. The number of rotatable bonds is 5. The third kappa shape index (κ3) is 3.17. The van der Waals surface area contributed by atoms with Gasteiger partial charge < -0.3 is 19.5 Å². The first-order valence-electron chi connectivity index (χ1n) is 8.86. The molecule has 2 atom stereocenters. The summed E-state index contributed by atoms with van der Waals surface area (Å²) < 4.78 is 19.6. The van der Waals surface area contributed by atoms with Gasteiger partial charge in [0, 0.05) is 10.0 Å². The molecule has 2 unspecified atom stereocenters. The fourth-order valence-electron chi connectivity index (χ4n) is 3.71. The van der Waals surface area contributed by atoms with E-state index in [1.54, 1.807) is 27.7 Å². The maximum absolute atomic E-state index is 5.72. The van der Waals surface area contributed by atoms with Gasteiger partial charge in [-0.25, -0.2) is 4.68 Å². The van der Waals surface area contributed by atoms with Gasteiger partial charge in [-0.1, -0.05) is 28.1 Å². The van der Waals surface area contributed by atoms with Gasteiger partial charge in [-0.15, -0.1) is 0 Å². The average Bonchev–Trinajstić information content (AvgIpc) is 3.20. The number of halogens is 1. The molecule has 146 valence electrons. The average molecular weight is 445 g/mol. The van der Waals surface area contributed by atoms with Gasteiger partial charge in [0.1, 0.15) is 6.33 Å². The summed E-state index contributed by atoms with van der Waals surface area (Å²) in [5.74, 6) is 2.56. The fraction of sp³-hybridized carbons (Fsp3) is 0.300. The van der Waals surface area contributed by atoms with Crippen LogP contribution in [-0.2, 0) is 0 Å². The third-order valence-electron chi connectivity index (χ3n) is 4.98. The second-order valence-electron chi connectivity index (χ2n) is 6.46. The summed E-state index contributed by atoms with van der Waals surface area (Å²) in [6.45, 7) is 0. The number of ether oxygens (including phenoxy) is 3. The van der Waals surface area contributed by atoms with Crippen LogP contribution in [0.2, 0.25) is 0 Å². The van der Waals surface area contributed by atoms with Gasteiger partial charge in [0.2, 0.25) is 11.7 Å². The van der Waals surface area contributed by atoms with Crippen molar-refractivity contribution in [3.05, 3.63) is 58.3 Å². The zero-order chi connectivity index (χ0) is 19.7. The van der Waals surface area contributed by atoms with Gasteiger partial charge in [-0.05, 0) is 36.2 Å². The molecule has 0 saturated carbocycles. The first-order chi connectivity index (χ1) is 13.7. The van der Waals surface area contributed by atoms with Crippen LogP contribution < -0.4 is 19.5 Å².